The molecule has 0 fully saturated rings. The fourth-order valence-electron chi connectivity index (χ4n) is 3.14. The number of aryl methyl sites for hydroxylation is 1. The molecule has 1 aromatic carbocycles. The lowest BCUT2D eigenvalue weighted by Crippen LogP contribution is -2.31. The lowest BCUT2D eigenvalue weighted by atomic mass is 10.3. The van der Waals surface area contributed by atoms with Gasteiger partial charge in [0.25, 0.3) is 5.91 Å². The predicted octanol–water partition coefficient (Wildman–Crippen LogP) is 5.39. The summed E-state index contributed by atoms with van der Waals surface area (Å²) in [6, 6.07) is 13.6. The van der Waals surface area contributed by atoms with Crippen molar-refractivity contribution in [1.82, 2.24) is 19.7 Å². The number of anilines is 1. The van der Waals surface area contributed by atoms with Gasteiger partial charge >= 0.3 is 0 Å². The highest BCUT2D eigenvalue weighted by molar-refractivity contribution is 9.10. The fraction of sp³-hybridized carbons (Fsp3) is 0.238. The molecule has 0 N–H and O–H groups in total. The molecular formula is C21H20BrN5OS. The summed E-state index contributed by atoms with van der Waals surface area (Å²) in [5.41, 5.74) is 3.01. The van der Waals surface area contributed by atoms with Crippen molar-refractivity contribution in [2.45, 2.75) is 33.4 Å². The van der Waals surface area contributed by atoms with Crippen molar-refractivity contribution >= 4 is 48.5 Å². The SMILES string of the molecule is Cc1cc(C(=O)N(Cc2ccccn2)c2nc3ccc(Br)cc3s2)nn1C(C)C. The Morgan fingerprint density at radius 2 is 2.07 bits per heavy atom. The number of halogens is 1. The highest BCUT2D eigenvalue weighted by Gasteiger charge is 2.25. The molecule has 0 atom stereocenters. The fourth-order valence-corrected chi connectivity index (χ4v) is 4.65. The van der Waals surface area contributed by atoms with Gasteiger partial charge in [-0.05, 0) is 57.2 Å². The van der Waals surface area contributed by atoms with E-state index in [-0.39, 0.29) is 11.9 Å². The molecule has 0 aliphatic heterocycles. The van der Waals surface area contributed by atoms with Crippen LogP contribution in [-0.4, -0.2) is 25.7 Å². The summed E-state index contributed by atoms with van der Waals surface area (Å²) in [5.74, 6) is -0.184. The van der Waals surface area contributed by atoms with Gasteiger partial charge in [-0.15, -0.1) is 0 Å². The minimum Gasteiger partial charge on any atom is -0.276 e. The molecule has 0 aliphatic carbocycles. The van der Waals surface area contributed by atoms with Crippen LogP contribution in [0.3, 0.4) is 0 Å². The van der Waals surface area contributed by atoms with Gasteiger partial charge in [-0.3, -0.25) is 19.4 Å². The molecule has 148 valence electrons. The van der Waals surface area contributed by atoms with Gasteiger partial charge in [-0.1, -0.05) is 33.3 Å². The monoisotopic (exact) mass is 469 g/mol. The zero-order valence-electron chi connectivity index (χ0n) is 16.3. The van der Waals surface area contributed by atoms with Gasteiger partial charge in [0, 0.05) is 22.4 Å². The third kappa shape index (κ3) is 4.09. The molecule has 0 bridgehead atoms. The van der Waals surface area contributed by atoms with Gasteiger partial charge < -0.3 is 0 Å². The highest BCUT2D eigenvalue weighted by atomic mass is 79.9. The van der Waals surface area contributed by atoms with Crippen molar-refractivity contribution in [3.63, 3.8) is 0 Å². The summed E-state index contributed by atoms with van der Waals surface area (Å²) >= 11 is 4.98. The topological polar surface area (TPSA) is 63.9 Å². The van der Waals surface area contributed by atoms with Crippen LogP contribution in [0.4, 0.5) is 5.13 Å². The number of carbonyl (C=O) groups excluding carboxylic acids is 1. The van der Waals surface area contributed by atoms with E-state index in [1.54, 1.807) is 11.1 Å². The number of benzene rings is 1. The molecule has 8 heteroatoms. The number of hydrogen-bond acceptors (Lipinski definition) is 5. The largest absolute Gasteiger partial charge is 0.280 e. The van der Waals surface area contributed by atoms with Crippen LogP contribution in [0.5, 0.6) is 0 Å². The Morgan fingerprint density at radius 3 is 2.76 bits per heavy atom. The third-order valence-electron chi connectivity index (χ3n) is 4.49. The Morgan fingerprint density at radius 1 is 1.24 bits per heavy atom. The number of fused-ring (bicyclic) bond motifs is 1. The standard InChI is InChI=1S/C21H20BrN5OS/c1-13(2)27-14(3)10-18(25-27)20(28)26(12-16-6-4-5-9-23-16)21-24-17-8-7-15(22)11-19(17)29-21/h4-11,13H,12H2,1-3H3. The molecule has 4 rings (SSSR count). The van der Waals surface area contributed by atoms with Crippen molar-refractivity contribution in [1.29, 1.82) is 0 Å². The van der Waals surface area contributed by atoms with E-state index in [0.29, 0.717) is 17.4 Å². The van der Waals surface area contributed by atoms with E-state index in [0.717, 1.165) is 26.1 Å². The van der Waals surface area contributed by atoms with Crippen molar-refractivity contribution in [2.24, 2.45) is 0 Å². The first-order chi connectivity index (χ1) is 13.9. The molecule has 0 unspecified atom stereocenters. The summed E-state index contributed by atoms with van der Waals surface area (Å²) in [7, 11) is 0. The third-order valence-corrected chi connectivity index (χ3v) is 6.03. The van der Waals surface area contributed by atoms with E-state index in [2.05, 4.69) is 26.0 Å². The first kappa shape index (κ1) is 19.7. The Hall–Kier alpha value is -2.58. The number of thiazole rings is 1. The minimum atomic E-state index is -0.184. The molecule has 0 radical (unpaired) electrons. The van der Waals surface area contributed by atoms with Crippen LogP contribution in [0.25, 0.3) is 10.2 Å². The number of aromatic nitrogens is 4. The van der Waals surface area contributed by atoms with Crippen LogP contribution in [0.2, 0.25) is 0 Å². The van der Waals surface area contributed by atoms with Gasteiger partial charge in [-0.25, -0.2) is 4.98 Å². The average Bonchev–Trinajstić information content (AvgIpc) is 3.29. The Kier molecular flexibility index (Phi) is 5.47. The smallest absolute Gasteiger partial charge is 0.276 e. The Bertz CT molecular complexity index is 1170. The first-order valence-corrected chi connectivity index (χ1v) is 10.9. The van der Waals surface area contributed by atoms with Crippen LogP contribution in [0.15, 0.2) is 53.1 Å². The van der Waals surface area contributed by atoms with E-state index in [9.17, 15) is 4.79 Å². The Balaban J connectivity index is 1.76. The molecule has 0 saturated heterocycles. The number of amides is 1. The predicted molar refractivity (Wildman–Crippen MR) is 119 cm³/mol. The number of rotatable bonds is 5. The van der Waals surface area contributed by atoms with E-state index < -0.39 is 0 Å². The molecule has 1 amide bonds. The van der Waals surface area contributed by atoms with E-state index >= 15 is 0 Å². The molecule has 3 aromatic heterocycles. The molecule has 3 heterocycles. The van der Waals surface area contributed by atoms with Crippen molar-refractivity contribution in [3.05, 3.63) is 70.2 Å². The van der Waals surface area contributed by atoms with E-state index in [1.165, 1.54) is 11.3 Å². The van der Waals surface area contributed by atoms with Crippen LogP contribution >= 0.6 is 27.3 Å². The number of hydrogen-bond donors (Lipinski definition) is 0. The van der Waals surface area contributed by atoms with Crippen molar-refractivity contribution in [3.8, 4) is 0 Å². The molecule has 0 saturated carbocycles. The highest BCUT2D eigenvalue weighted by Crippen LogP contribution is 2.32. The maximum atomic E-state index is 13.5. The minimum absolute atomic E-state index is 0.181. The van der Waals surface area contributed by atoms with Crippen LogP contribution in [-0.2, 0) is 6.54 Å². The average molecular weight is 470 g/mol. The first-order valence-electron chi connectivity index (χ1n) is 9.26. The summed E-state index contributed by atoms with van der Waals surface area (Å²) in [6.07, 6.45) is 1.73. The number of carbonyl (C=O) groups is 1. The molecule has 6 nitrogen and oxygen atoms in total. The van der Waals surface area contributed by atoms with Crippen LogP contribution < -0.4 is 4.90 Å². The van der Waals surface area contributed by atoms with Gasteiger partial charge in [0.05, 0.1) is 22.5 Å². The Labute approximate surface area is 181 Å². The summed E-state index contributed by atoms with van der Waals surface area (Å²) < 4.78 is 3.85. The van der Waals surface area contributed by atoms with Crippen molar-refractivity contribution < 1.29 is 4.79 Å². The lowest BCUT2D eigenvalue weighted by molar-refractivity contribution is 0.0979. The molecule has 0 aliphatic rings. The second-order valence-electron chi connectivity index (χ2n) is 7.03. The maximum Gasteiger partial charge on any atom is 0.280 e. The van der Waals surface area contributed by atoms with Crippen molar-refractivity contribution in [2.75, 3.05) is 4.90 Å². The summed E-state index contributed by atoms with van der Waals surface area (Å²) in [5, 5.41) is 5.17. The van der Waals surface area contributed by atoms with E-state index in [4.69, 9.17) is 4.98 Å². The molecular weight excluding hydrogens is 450 g/mol. The van der Waals surface area contributed by atoms with Gasteiger partial charge in [0.1, 0.15) is 0 Å². The summed E-state index contributed by atoms with van der Waals surface area (Å²) in [6.45, 7) is 6.38. The number of nitrogens with zero attached hydrogens (tertiary/aromatic N) is 5. The van der Waals surface area contributed by atoms with Gasteiger partial charge in [0.2, 0.25) is 0 Å². The second kappa shape index (κ2) is 8.04. The normalized spacial score (nSPS) is 11.3. The zero-order chi connectivity index (χ0) is 20.5. The second-order valence-corrected chi connectivity index (χ2v) is 8.95. The molecule has 0 spiro atoms. The van der Waals surface area contributed by atoms with Crippen LogP contribution in [0, 0.1) is 6.92 Å². The molecule has 29 heavy (non-hydrogen) atoms. The summed E-state index contributed by atoms with van der Waals surface area (Å²) in [4.78, 5) is 24.2. The number of pyridine rings is 1. The zero-order valence-corrected chi connectivity index (χ0v) is 18.7. The maximum absolute atomic E-state index is 13.5. The molecule has 4 aromatic rings. The lowest BCUT2D eigenvalue weighted by Gasteiger charge is -2.18. The van der Waals surface area contributed by atoms with E-state index in [1.807, 2.05) is 67.9 Å². The quantitative estimate of drug-likeness (QED) is 0.393. The van der Waals surface area contributed by atoms with Gasteiger partial charge in [0.15, 0.2) is 10.8 Å². The van der Waals surface area contributed by atoms with Gasteiger partial charge in [-0.2, -0.15) is 5.10 Å². The van der Waals surface area contributed by atoms with Crippen LogP contribution in [0.1, 0.15) is 41.8 Å².